The van der Waals surface area contributed by atoms with Gasteiger partial charge in [-0.25, -0.2) is 0 Å². The third-order valence-corrected chi connectivity index (χ3v) is 4.72. The summed E-state index contributed by atoms with van der Waals surface area (Å²) in [5.41, 5.74) is 0. The zero-order valence-electron chi connectivity index (χ0n) is 10.5. The summed E-state index contributed by atoms with van der Waals surface area (Å²) in [6.07, 6.45) is 2.40. The molecule has 1 aliphatic heterocycles. The highest BCUT2D eigenvalue weighted by Gasteiger charge is 2.29. The summed E-state index contributed by atoms with van der Waals surface area (Å²) in [4.78, 5) is 14.9. The fourth-order valence-corrected chi connectivity index (χ4v) is 3.50. The summed E-state index contributed by atoms with van der Waals surface area (Å²) < 4.78 is 6.67. The molecular weight excluding hydrogens is 342 g/mol. The van der Waals surface area contributed by atoms with Gasteiger partial charge in [0.25, 0.3) is 5.91 Å². The normalized spacial score (nSPS) is 18.2. The van der Waals surface area contributed by atoms with Crippen molar-refractivity contribution in [2.75, 3.05) is 13.1 Å². The molecule has 0 radical (unpaired) electrons. The van der Waals surface area contributed by atoms with Gasteiger partial charge in [0, 0.05) is 35.1 Å². The molecule has 2 aromatic heterocycles. The highest BCUT2D eigenvalue weighted by atomic mass is 79.9. The van der Waals surface area contributed by atoms with E-state index in [1.54, 1.807) is 18.3 Å². The molecule has 0 aromatic carbocycles. The Kier molecular flexibility index (Phi) is 3.98. The van der Waals surface area contributed by atoms with Crippen molar-refractivity contribution in [2.45, 2.75) is 12.5 Å². The highest BCUT2D eigenvalue weighted by Crippen LogP contribution is 2.24. The van der Waals surface area contributed by atoms with E-state index in [9.17, 15) is 4.79 Å². The molecule has 0 spiro atoms. The quantitative estimate of drug-likeness (QED) is 0.850. The summed E-state index contributed by atoms with van der Waals surface area (Å²) >= 11 is 4.81. The van der Waals surface area contributed by atoms with E-state index in [1.165, 1.54) is 11.3 Å². The lowest BCUT2D eigenvalue weighted by molar-refractivity contribution is 0.0775. The molecule has 0 saturated carbocycles. The predicted molar refractivity (Wildman–Crippen MR) is 79.0 cm³/mol. The van der Waals surface area contributed by atoms with E-state index in [-0.39, 0.29) is 12.0 Å². The molecule has 1 fully saturated rings. The molecule has 1 unspecified atom stereocenters. The van der Waals surface area contributed by atoms with Crippen LogP contribution in [0.5, 0.6) is 5.88 Å². The van der Waals surface area contributed by atoms with Crippen molar-refractivity contribution < 1.29 is 9.53 Å². The van der Waals surface area contributed by atoms with Crippen LogP contribution < -0.4 is 4.74 Å². The second-order valence-electron chi connectivity index (χ2n) is 4.47. The number of hydrogen-bond donors (Lipinski definition) is 0. The Morgan fingerprint density at radius 1 is 1.55 bits per heavy atom. The lowest BCUT2D eigenvalue weighted by Crippen LogP contribution is -2.30. The molecule has 104 valence electrons. The maximum atomic E-state index is 12.3. The van der Waals surface area contributed by atoms with Gasteiger partial charge in [-0.15, -0.1) is 16.4 Å². The van der Waals surface area contributed by atoms with E-state index in [1.807, 2.05) is 16.3 Å². The molecular formula is C13H12BrN3O2S. The van der Waals surface area contributed by atoms with Gasteiger partial charge in [0.1, 0.15) is 6.10 Å². The van der Waals surface area contributed by atoms with Crippen molar-refractivity contribution in [1.29, 1.82) is 0 Å². The van der Waals surface area contributed by atoms with Crippen LogP contribution in [-0.4, -0.2) is 40.2 Å². The number of hydrogen-bond acceptors (Lipinski definition) is 5. The molecule has 0 bridgehead atoms. The van der Waals surface area contributed by atoms with Crippen molar-refractivity contribution in [3.05, 3.63) is 39.1 Å². The number of thiophene rings is 1. The maximum absolute atomic E-state index is 12.3. The van der Waals surface area contributed by atoms with Crippen LogP contribution in [0.4, 0.5) is 0 Å². The van der Waals surface area contributed by atoms with Crippen LogP contribution in [0.1, 0.15) is 16.1 Å². The average Bonchev–Trinajstić information content (AvgIpc) is 3.08. The largest absolute Gasteiger partial charge is 0.471 e. The number of rotatable bonds is 3. The number of carbonyl (C=O) groups excluding carboxylic acids is 1. The molecule has 1 aliphatic rings. The van der Waals surface area contributed by atoms with Crippen molar-refractivity contribution in [3.8, 4) is 5.88 Å². The van der Waals surface area contributed by atoms with Gasteiger partial charge in [0.05, 0.1) is 11.4 Å². The van der Waals surface area contributed by atoms with Crippen LogP contribution in [0.25, 0.3) is 0 Å². The summed E-state index contributed by atoms with van der Waals surface area (Å²) in [5, 5.41) is 9.58. The van der Waals surface area contributed by atoms with E-state index in [2.05, 4.69) is 26.1 Å². The fraction of sp³-hybridized carbons (Fsp3) is 0.308. The Hall–Kier alpha value is -1.47. The highest BCUT2D eigenvalue weighted by molar-refractivity contribution is 9.10. The molecule has 1 atom stereocenters. The third-order valence-electron chi connectivity index (χ3n) is 3.05. The third kappa shape index (κ3) is 2.99. The van der Waals surface area contributed by atoms with Gasteiger partial charge in [0.2, 0.25) is 5.88 Å². The van der Waals surface area contributed by atoms with Crippen LogP contribution >= 0.6 is 27.3 Å². The van der Waals surface area contributed by atoms with E-state index >= 15 is 0 Å². The molecule has 20 heavy (non-hydrogen) atoms. The van der Waals surface area contributed by atoms with Gasteiger partial charge in [-0.3, -0.25) is 4.79 Å². The molecule has 5 nitrogen and oxygen atoms in total. The van der Waals surface area contributed by atoms with E-state index < -0.39 is 0 Å². The molecule has 1 saturated heterocycles. The predicted octanol–water partition coefficient (Wildman–Crippen LogP) is 2.59. The average molecular weight is 354 g/mol. The number of carbonyl (C=O) groups is 1. The van der Waals surface area contributed by atoms with Crippen LogP contribution in [0.3, 0.4) is 0 Å². The number of amides is 1. The molecule has 3 heterocycles. The van der Waals surface area contributed by atoms with Crippen molar-refractivity contribution in [2.24, 2.45) is 0 Å². The van der Waals surface area contributed by atoms with Crippen LogP contribution in [-0.2, 0) is 0 Å². The van der Waals surface area contributed by atoms with Gasteiger partial charge in [-0.2, -0.15) is 5.10 Å². The molecule has 0 aliphatic carbocycles. The van der Waals surface area contributed by atoms with Crippen molar-refractivity contribution in [1.82, 2.24) is 15.1 Å². The number of nitrogens with zero attached hydrogens (tertiary/aromatic N) is 3. The first-order valence-electron chi connectivity index (χ1n) is 6.20. The fourth-order valence-electron chi connectivity index (χ4n) is 2.11. The van der Waals surface area contributed by atoms with Gasteiger partial charge in [-0.1, -0.05) is 0 Å². The number of ether oxygens (including phenoxy) is 1. The first-order valence-corrected chi connectivity index (χ1v) is 7.87. The first-order chi connectivity index (χ1) is 9.72. The van der Waals surface area contributed by atoms with Gasteiger partial charge < -0.3 is 9.64 Å². The minimum atomic E-state index is -0.0148. The molecule has 1 amide bonds. The Balaban J connectivity index is 1.61. The smallest absolute Gasteiger partial charge is 0.264 e. The number of aromatic nitrogens is 2. The summed E-state index contributed by atoms with van der Waals surface area (Å²) in [6, 6.07) is 5.40. The summed E-state index contributed by atoms with van der Waals surface area (Å²) in [5.74, 6) is 0.566. The van der Waals surface area contributed by atoms with E-state index in [0.717, 1.165) is 15.8 Å². The van der Waals surface area contributed by atoms with E-state index in [4.69, 9.17) is 4.74 Å². The zero-order chi connectivity index (χ0) is 13.9. The topological polar surface area (TPSA) is 55.3 Å². The van der Waals surface area contributed by atoms with Crippen LogP contribution in [0, 0.1) is 0 Å². The van der Waals surface area contributed by atoms with Gasteiger partial charge in [0.15, 0.2) is 0 Å². The van der Waals surface area contributed by atoms with Crippen LogP contribution in [0.2, 0.25) is 0 Å². The van der Waals surface area contributed by atoms with Gasteiger partial charge in [-0.05, 0) is 28.1 Å². The maximum Gasteiger partial charge on any atom is 0.264 e. The Morgan fingerprint density at radius 2 is 2.45 bits per heavy atom. The molecule has 3 rings (SSSR count). The summed E-state index contributed by atoms with van der Waals surface area (Å²) in [7, 11) is 0. The molecule has 0 N–H and O–H groups in total. The molecule has 7 heteroatoms. The Labute approximate surface area is 128 Å². The lowest BCUT2D eigenvalue weighted by atomic mass is 10.3. The minimum absolute atomic E-state index is 0.0148. The first kappa shape index (κ1) is 13.5. The number of likely N-dealkylation sites (tertiary alicyclic amines) is 1. The lowest BCUT2D eigenvalue weighted by Gasteiger charge is -2.15. The second-order valence-corrected chi connectivity index (χ2v) is 6.30. The Bertz CT molecular complexity index is 605. The number of halogens is 1. The van der Waals surface area contributed by atoms with E-state index in [0.29, 0.717) is 19.0 Å². The second kappa shape index (κ2) is 5.88. The van der Waals surface area contributed by atoms with Gasteiger partial charge >= 0.3 is 0 Å². The zero-order valence-corrected chi connectivity index (χ0v) is 12.9. The van der Waals surface area contributed by atoms with Crippen LogP contribution in [0.15, 0.2) is 34.2 Å². The minimum Gasteiger partial charge on any atom is -0.471 e. The van der Waals surface area contributed by atoms with Crippen molar-refractivity contribution >= 4 is 33.2 Å². The monoisotopic (exact) mass is 353 g/mol. The Morgan fingerprint density at radius 3 is 3.15 bits per heavy atom. The molecule has 2 aromatic rings. The summed E-state index contributed by atoms with van der Waals surface area (Å²) in [6.45, 7) is 1.30. The SMILES string of the molecule is O=C(c1cc(Br)cs1)N1CCC(Oc2cccnn2)C1. The standard InChI is InChI=1S/C13H12BrN3O2S/c14-9-6-11(20-8-9)13(18)17-5-3-10(7-17)19-12-2-1-4-15-16-12/h1-2,4,6,8,10H,3,5,7H2. The van der Waals surface area contributed by atoms with Crippen molar-refractivity contribution in [3.63, 3.8) is 0 Å².